The van der Waals surface area contributed by atoms with E-state index in [2.05, 4.69) is 0 Å². The van der Waals surface area contributed by atoms with E-state index in [0.717, 1.165) is 37.9 Å². The predicted molar refractivity (Wildman–Crippen MR) is 91.4 cm³/mol. The molecule has 3 rings (SSSR count). The quantitative estimate of drug-likeness (QED) is 0.916. The fourth-order valence-electron chi connectivity index (χ4n) is 4.19. The van der Waals surface area contributed by atoms with Crippen molar-refractivity contribution in [3.05, 3.63) is 35.9 Å². The van der Waals surface area contributed by atoms with Crippen molar-refractivity contribution in [1.29, 1.82) is 0 Å². The van der Waals surface area contributed by atoms with Crippen LogP contribution in [0.3, 0.4) is 0 Å². The van der Waals surface area contributed by atoms with Crippen molar-refractivity contribution in [2.45, 2.75) is 32.1 Å². The minimum Gasteiger partial charge on any atom is -0.387 e. The lowest BCUT2D eigenvalue weighted by molar-refractivity contribution is -0.145. The molecule has 5 heteroatoms. The Balaban J connectivity index is 1.80. The van der Waals surface area contributed by atoms with Gasteiger partial charge in [-0.15, -0.1) is 0 Å². The zero-order chi connectivity index (χ0) is 17.2. The minimum atomic E-state index is -0.417. The van der Waals surface area contributed by atoms with Gasteiger partial charge in [-0.05, 0) is 37.2 Å². The molecule has 5 nitrogen and oxygen atoms in total. The summed E-state index contributed by atoms with van der Waals surface area (Å²) in [6.45, 7) is 4.47. The third-order valence-corrected chi connectivity index (χ3v) is 5.67. The van der Waals surface area contributed by atoms with E-state index in [1.165, 1.54) is 0 Å². The second kappa shape index (κ2) is 6.93. The maximum atomic E-state index is 12.8. The van der Waals surface area contributed by atoms with Gasteiger partial charge in [-0.1, -0.05) is 30.3 Å². The molecule has 2 saturated heterocycles. The molecule has 1 aromatic carbocycles. The number of amides is 2. The van der Waals surface area contributed by atoms with E-state index in [1.54, 1.807) is 4.90 Å². The number of likely N-dealkylation sites (N-methyl/N-ethyl adjacent to an activating group) is 1. The van der Waals surface area contributed by atoms with Gasteiger partial charge in [0, 0.05) is 26.2 Å². The lowest BCUT2D eigenvalue weighted by atomic mass is 9.67. The predicted octanol–water partition coefficient (Wildman–Crippen LogP) is 1.62. The summed E-state index contributed by atoms with van der Waals surface area (Å²) in [4.78, 5) is 28.3. The van der Waals surface area contributed by atoms with Crippen LogP contribution in [0.15, 0.2) is 30.3 Å². The highest BCUT2D eigenvalue weighted by molar-refractivity contribution is 5.85. The number of aliphatic hydroxyl groups is 1. The van der Waals surface area contributed by atoms with Crippen molar-refractivity contribution < 1.29 is 14.7 Å². The summed E-state index contributed by atoms with van der Waals surface area (Å²) in [6, 6.07) is 10.0. The summed E-state index contributed by atoms with van der Waals surface area (Å²) in [7, 11) is 0. The molecule has 130 valence electrons. The largest absolute Gasteiger partial charge is 0.387 e. The van der Waals surface area contributed by atoms with Crippen molar-refractivity contribution >= 4 is 11.8 Å². The summed E-state index contributed by atoms with van der Waals surface area (Å²) in [5, 5.41) is 9.05. The monoisotopic (exact) mass is 330 g/mol. The van der Waals surface area contributed by atoms with Gasteiger partial charge in [-0.2, -0.15) is 0 Å². The number of nitrogens with zero attached hydrogens (tertiary/aromatic N) is 2. The number of benzene rings is 1. The maximum absolute atomic E-state index is 12.8. The summed E-state index contributed by atoms with van der Waals surface area (Å²) in [5.74, 6) is -0.0492. The lowest BCUT2D eigenvalue weighted by Gasteiger charge is -2.49. The standard InChI is InChI=1S/C19H26N2O3/c1-2-20-14-19(8-10-21(11-9-19)17(23)13-22)12-16(18(20)24)15-6-4-3-5-7-15/h3-7,16,22H,2,8-14H2,1H3/t16-/m1/s1. The van der Waals surface area contributed by atoms with Crippen LogP contribution in [0.2, 0.25) is 0 Å². The molecule has 1 atom stereocenters. The summed E-state index contributed by atoms with van der Waals surface area (Å²) in [5.41, 5.74) is 1.17. The second-order valence-corrected chi connectivity index (χ2v) is 7.06. The van der Waals surface area contributed by atoms with E-state index < -0.39 is 6.61 Å². The number of aliphatic hydroxyl groups excluding tert-OH is 1. The molecule has 2 heterocycles. The number of carbonyl (C=O) groups excluding carboxylic acids is 2. The number of rotatable bonds is 3. The molecular formula is C19H26N2O3. The Morgan fingerprint density at radius 1 is 1.25 bits per heavy atom. The molecule has 24 heavy (non-hydrogen) atoms. The molecule has 0 saturated carbocycles. The molecule has 2 fully saturated rings. The Morgan fingerprint density at radius 2 is 1.92 bits per heavy atom. The average Bonchev–Trinajstić information content (AvgIpc) is 2.64. The SMILES string of the molecule is CCN1CC2(CCN(C(=O)CO)CC2)C[C@H](c2ccccc2)C1=O. The number of hydrogen-bond donors (Lipinski definition) is 1. The minimum absolute atomic E-state index is 0.0800. The molecule has 2 aliphatic heterocycles. The molecule has 2 aliphatic rings. The van der Waals surface area contributed by atoms with Crippen LogP contribution in [-0.2, 0) is 9.59 Å². The molecule has 0 bridgehead atoms. The average molecular weight is 330 g/mol. The molecule has 1 spiro atoms. The van der Waals surface area contributed by atoms with Gasteiger partial charge in [0.1, 0.15) is 6.61 Å². The number of likely N-dealkylation sites (tertiary alicyclic amines) is 2. The van der Waals surface area contributed by atoms with Crippen molar-refractivity contribution in [3.63, 3.8) is 0 Å². The normalized spacial score (nSPS) is 23.6. The maximum Gasteiger partial charge on any atom is 0.248 e. The summed E-state index contributed by atoms with van der Waals surface area (Å²) >= 11 is 0. The molecule has 1 N–H and O–H groups in total. The zero-order valence-corrected chi connectivity index (χ0v) is 14.3. The van der Waals surface area contributed by atoms with Gasteiger partial charge in [0.2, 0.25) is 11.8 Å². The van der Waals surface area contributed by atoms with Crippen LogP contribution in [-0.4, -0.2) is 59.5 Å². The Labute approximate surface area is 143 Å². The molecule has 0 radical (unpaired) electrons. The van der Waals surface area contributed by atoms with Gasteiger partial charge in [0.05, 0.1) is 5.92 Å². The Hall–Kier alpha value is -1.88. The fourth-order valence-corrected chi connectivity index (χ4v) is 4.19. The Kier molecular flexibility index (Phi) is 4.90. The molecule has 0 aromatic heterocycles. The number of piperidine rings is 2. The van der Waals surface area contributed by atoms with Crippen LogP contribution in [0.4, 0.5) is 0 Å². The summed E-state index contributed by atoms with van der Waals surface area (Å²) < 4.78 is 0. The lowest BCUT2D eigenvalue weighted by Crippen LogP contribution is -2.54. The zero-order valence-electron chi connectivity index (χ0n) is 14.3. The molecular weight excluding hydrogens is 304 g/mol. The van der Waals surface area contributed by atoms with Gasteiger partial charge in [0.25, 0.3) is 0 Å². The van der Waals surface area contributed by atoms with Crippen LogP contribution in [0.1, 0.15) is 37.7 Å². The van der Waals surface area contributed by atoms with E-state index in [0.29, 0.717) is 13.1 Å². The van der Waals surface area contributed by atoms with Gasteiger partial charge >= 0.3 is 0 Å². The highest BCUT2D eigenvalue weighted by Gasteiger charge is 2.46. The van der Waals surface area contributed by atoms with Crippen molar-refractivity contribution in [2.75, 3.05) is 32.8 Å². The van der Waals surface area contributed by atoms with Gasteiger partial charge in [-0.3, -0.25) is 9.59 Å². The van der Waals surface area contributed by atoms with Crippen molar-refractivity contribution in [2.24, 2.45) is 5.41 Å². The van der Waals surface area contributed by atoms with Crippen LogP contribution in [0.25, 0.3) is 0 Å². The first-order valence-electron chi connectivity index (χ1n) is 8.81. The Morgan fingerprint density at radius 3 is 2.50 bits per heavy atom. The number of hydrogen-bond acceptors (Lipinski definition) is 3. The van der Waals surface area contributed by atoms with Gasteiger partial charge < -0.3 is 14.9 Å². The van der Waals surface area contributed by atoms with Crippen molar-refractivity contribution in [1.82, 2.24) is 9.80 Å². The topological polar surface area (TPSA) is 60.9 Å². The van der Waals surface area contributed by atoms with E-state index in [4.69, 9.17) is 5.11 Å². The van der Waals surface area contributed by atoms with E-state index in [-0.39, 0.29) is 23.1 Å². The summed E-state index contributed by atoms with van der Waals surface area (Å²) in [6.07, 6.45) is 2.64. The first kappa shape index (κ1) is 17.0. The highest BCUT2D eigenvalue weighted by atomic mass is 16.3. The van der Waals surface area contributed by atoms with Crippen LogP contribution in [0, 0.1) is 5.41 Å². The van der Waals surface area contributed by atoms with Gasteiger partial charge in [0.15, 0.2) is 0 Å². The van der Waals surface area contributed by atoms with E-state index >= 15 is 0 Å². The molecule has 1 aromatic rings. The highest BCUT2D eigenvalue weighted by Crippen LogP contribution is 2.45. The third kappa shape index (κ3) is 3.18. The molecule has 2 amide bonds. The smallest absolute Gasteiger partial charge is 0.248 e. The third-order valence-electron chi connectivity index (χ3n) is 5.67. The fraction of sp³-hybridized carbons (Fsp3) is 0.579. The van der Waals surface area contributed by atoms with E-state index in [1.807, 2.05) is 42.2 Å². The van der Waals surface area contributed by atoms with Crippen LogP contribution < -0.4 is 0 Å². The Bertz CT molecular complexity index is 594. The number of carbonyl (C=O) groups is 2. The van der Waals surface area contributed by atoms with Crippen LogP contribution in [0.5, 0.6) is 0 Å². The van der Waals surface area contributed by atoms with E-state index in [9.17, 15) is 9.59 Å². The van der Waals surface area contributed by atoms with Crippen LogP contribution >= 0.6 is 0 Å². The molecule has 0 unspecified atom stereocenters. The van der Waals surface area contributed by atoms with Gasteiger partial charge in [-0.25, -0.2) is 0 Å². The second-order valence-electron chi connectivity index (χ2n) is 7.06. The first-order valence-corrected chi connectivity index (χ1v) is 8.81. The molecule has 0 aliphatic carbocycles. The first-order chi connectivity index (χ1) is 11.6. The van der Waals surface area contributed by atoms with Crippen molar-refractivity contribution in [3.8, 4) is 0 Å².